The molecule has 2 heterocycles. The minimum absolute atomic E-state index is 0.0755. The Kier molecular flexibility index (Phi) is 3.84. The van der Waals surface area contributed by atoms with Crippen molar-refractivity contribution >= 4 is 11.8 Å². The second kappa shape index (κ2) is 5.40. The third kappa shape index (κ3) is 2.76. The van der Waals surface area contributed by atoms with E-state index in [9.17, 15) is 9.59 Å². The van der Waals surface area contributed by atoms with Gasteiger partial charge in [0.15, 0.2) is 0 Å². The molecule has 0 aliphatic carbocycles. The fourth-order valence-electron chi connectivity index (χ4n) is 2.09. The number of hydrogen-bond acceptors (Lipinski definition) is 4. The number of nitrogens with one attached hydrogen (secondary N) is 1. The van der Waals surface area contributed by atoms with Crippen LogP contribution in [-0.2, 0) is 17.9 Å². The maximum atomic E-state index is 11.7. The first kappa shape index (κ1) is 13.5. The summed E-state index contributed by atoms with van der Waals surface area (Å²) in [7, 11) is 5.10. The van der Waals surface area contributed by atoms with Gasteiger partial charge < -0.3 is 14.8 Å². The van der Waals surface area contributed by atoms with Crippen molar-refractivity contribution in [2.24, 2.45) is 0 Å². The summed E-state index contributed by atoms with van der Waals surface area (Å²) in [6.45, 7) is 2.40. The zero-order valence-electron chi connectivity index (χ0n) is 11.5. The van der Waals surface area contributed by atoms with Crippen LogP contribution in [-0.4, -0.2) is 65.4 Å². The summed E-state index contributed by atoms with van der Waals surface area (Å²) in [6, 6.07) is 0. The number of amides is 2. The average molecular weight is 265 g/mol. The highest BCUT2D eigenvalue weighted by Crippen LogP contribution is 2.14. The number of carbonyl (C=O) groups is 2. The van der Waals surface area contributed by atoms with Gasteiger partial charge in [-0.25, -0.2) is 4.98 Å². The minimum Gasteiger partial charge on any atom is -0.354 e. The fraction of sp³-hybridized carbons (Fsp3) is 0.583. The second-order valence-electron chi connectivity index (χ2n) is 4.79. The molecule has 1 N–H and O–H groups in total. The number of hydrogen-bond donors (Lipinski definition) is 1. The van der Waals surface area contributed by atoms with Gasteiger partial charge in [0, 0.05) is 34.2 Å². The van der Waals surface area contributed by atoms with Gasteiger partial charge >= 0.3 is 0 Å². The average Bonchev–Trinajstić information content (AvgIpc) is 2.80. The largest absolute Gasteiger partial charge is 0.354 e. The summed E-state index contributed by atoms with van der Waals surface area (Å²) in [5, 5.41) is 2.60. The summed E-state index contributed by atoms with van der Waals surface area (Å²) in [5.41, 5.74) is 0.580. The van der Waals surface area contributed by atoms with Crippen LogP contribution in [0.25, 0.3) is 0 Å². The van der Waals surface area contributed by atoms with E-state index in [0.29, 0.717) is 25.3 Å². The zero-order chi connectivity index (χ0) is 14.0. The molecule has 0 fully saturated rings. The minimum atomic E-state index is -0.128. The molecule has 7 heteroatoms. The van der Waals surface area contributed by atoms with Gasteiger partial charge in [-0.2, -0.15) is 0 Å². The number of imidazole rings is 1. The van der Waals surface area contributed by atoms with Crippen molar-refractivity contribution in [3.05, 3.63) is 17.7 Å². The Morgan fingerprint density at radius 1 is 1.42 bits per heavy atom. The van der Waals surface area contributed by atoms with Gasteiger partial charge in [0.25, 0.3) is 5.91 Å². The molecule has 1 aliphatic rings. The normalized spacial score (nSPS) is 14.9. The quantitative estimate of drug-likeness (QED) is 0.772. The molecule has 1 aromatic rings. The standard InChI is InChI=1S/C12H19N5O2/c1-13-12(19)9-6-14-10-7-16(4-5-17(9)10)8-11(18)15(2)3/h6H,4-5,7-8H2,1-3H3,(H,13,19). The maximum absolute atomic E-state index is 11.7. The molecule has 0 bridgehead atoms. The molecule has 2 rings (SSSR count). The van der Waals surface area contributed by atoms with Gasteiger partial charge in [0.05, 0.1) is 19.3 Å². The van der Waals surface area contributed by atoms with Crippen LogP contribution in [0.5, 0.6) is 0 Å². The topological polar surface area (TPSA) is 70.5 Å². The van der Waals surface area contributed by atoms with E-state index in [4.69, 9.17) is 0 Å². The molecule has 0 saturated carbocycles. The molecule has 104 valence electrons. The summed E-state index contributed by atoms with van der Waals surface area (Å²) < 4.78 is 1.91. The molecule has 7 nitrogen and oxygen atoms in total. The Hall–Kier alpha value is -1.89. The molecule has 0 saturated heterocycles. The van der Waals surface area contributed by atoms with Crippen LogP contribution in [0.4, 0.5) is 0 Å². The lowest BCUT2D eigenvalue weighted by atomic mass is 10.3. The Labute approximate surface area is 112 Å². The van der Waals surface area contributed by atoms with Gasteiger partial charge in [-0.05, 0) is 0 Å². The monoisotopic (exact) mass is 265 g/mol. The lowest BCUT2D eigenvalue weighted by molar-refractivity contribution is -0.130. The number of rotatable bonds is 3. The number of fused-ring (bicyclic) bond motifs is 1. The van der Waals surface area contributed by atoms with E-state index in [1.807, 2.05) is 9.47 Å². The molecule has 2 amide bonds. The SMILES string of the molecule is CNC(=O)c1cnc2n1CCN(CC(=O)N(C)C)C2. The molecule has 19 heavy (non-hydrogen) atoms. The van der Waals surface area contributed by atoms with E-state index in [-0.39, 0.29) is 11.8 Å². The zero-order valence-corrected chi connectivity index (χ0v) is 11.5. The summed E-state index contributed by atoms with van der Waals surface area (Å²) in [6.07, 6.45) is 1.59. The number of aromatic nitrogens is 2. The summed E-state index contributed by atoms with van der Waals surface area (Å²) in [4.78, 5) is 31.2. The molecule has 0 spiro atoms. The van der Waals surface area contributed by atoms with Crippen LogP contribution in [0.1, 0.15) is 16.3 Å². The Morgan fingerprint density at radius 3 is 2.79 bits per heavy atom. The first-order valence-corrected chi connectivity index (χ1v) is 6.22. The van der Waals surface area contributed by atoms with E-state index in [1.165, 1.54) is 0 Å². The second-order valence-corrected chi connectivity index (χ2v) is 4.79. The van der Waals surface area contributed by atoms with Gasteiger partial charge in [-0.3, -0.25) is 14.5 Å². The van der Waals surface area contributed by atoms with Crippen LogP contribution >= 0.6 is 0 Å². The Balaban J connectivity index is 2.07. The van der Waals surface area contributed by atoms with E-state index in [1.54, 1.807) is 32.2 Å². The van der Waals surface area contributed by atoms with Crippen molar-refractivity contribution in [1.82, 2.24) is 24.7 Å². The van der Waals surface area contributed by atoms with Crippen LogP contribution < -0.4 is 5.32 Å². The molecule has 1 aliphatic heterocycles. The summed E-state index contributed by atoms with van der Waals surface area (Å²) >= 11 is 0. The summed E-state index contributed by atoms with van der Waals surface area (Å²) in [5.74, 6) is 0.777. The van der Waals surface area contributed by atoms with Gasteiger partial charge in [0.1, 0.15) is 11.5 Å². The van der Waals surface area contributed by atoms with E-state index >= 15 is 0 Å². The third-order valence-corrected chi connectivity index (χ3v) is 3.26. The predicted octanol–water partition coefficient (Wildman–Crippen LogP) is -0.853. The van der Waals surface area contributed by atoms with E-state index < -0.39 is 0 Å². The van der Waals surface area contributed by atoms with Crippen molar-refractivity contribution in [2.45, 2.75) is 13.1 Å². The molecule has 0 unspecified atom stereocenters. The Morgan fingerprint density at radius 2 is 2.16 bits per heavy atom. The first-order chi connectivity index (χ1) is 9.02. The van der Waals surface area contributed by atoms with Gasteiger partial charge in [-0.15, -0.1) is 0 Å². The maximum Gasteiger partial charge on any atom is 0.269 e. The highest BCUT2D eigenvalue weighted by molar-refractivity contribution is 5.92. The lowest BCUT2D eigenvalue weighted by Crippen LogP contribution is -2.41. The highest BCUT2D eigenvalue weighted by atomic mass is 16.2. The number of carbonyl (C=O) groups excluding carboxylic acids is 2. The van der Waals surface area contributed by atoms with Crippen molar-refractivity contribution < 1.29 is 9.59 Å². The Bertz CT molecular complexity index is 494. The highest BCUT2D eigenvalue weighted by Gasteiger charge is 2.23. The van der Waals surface area contributed by atoms with Crippen molar-refractivity contribution in [3.8, 4) is 0 Å². The third-order valence-electron chi connectivity index (χ3n) is 3.26. The first-order valence-electron chi connectivity index (χ1n) is 6.22. The van der Waals surface area contributed by atoms with E-state index in [0.717, 1.165) is 12.4 Å². The van der Waals surface area contributed by atoms with Crippen molar-refractivity contribution in [2.75, 3.05) is 34.2 Å². The van der Waals surface area contributed by atoms with Gasteiger partial charge in [0.2, 0.25) is 5.91 Å². The molecule has 1 aromatic heterocycles. The van der Waals surface area contributed by atoms with Crippen molar-refractivity contribution in [3.63, 3.8) is 0 Å². The number of likely N-dealkylation sites (N-methyl/N-ethyl adjacent to an activating group) is 1. The predicted molar refractivity (Wildman–Crippen MR) is 69.6 cm³/mol. The molecular formula is C12H19N5O2. The van der Waals surface area contributed by atoms with Crippen molar-refractivity contribution in [1.29, 1.82) is 0 Å². The lowest BCUT2D eigenvalue weighted by Gasteiger charge is -2.28. The molecule has 0 radical (unpaired) electrons. The molecule has 0 aromatic carbocycles. The van der Waals surface area contributed by atoms with Crippen LogP contribution in [0, 0.1) is 0 Å². The van der Waals surface area contributed by atoms with Crippen LogP contribution in [0.15, 0.2) is 6.20 Å². The molecular weight excluding hydrogens is 246 g/mol. The fourth-order valence-corrected chi connectivity index (χ4v) is 2.09. The number of nitrogens with zero attached hydrogens (tertiary/aromatic N) is 4. The van der Waals surface area contributed by atoms with Crippen LogP contribution in [0.2, 0.25) is 0 Å². The van der Waals surface area contributed by atoms with E-state index in [2.05, 4.69) is 10.3 Å². The van der Waals surface area contributed by atoms with Crippen LogP contribution in [0.3, 0.4) is 0 Å². The molecule has 0 atom stereocenters. The van der Waals surface area contributed by atoms with Gasteiger partial charge in [-0.1, -0.05) is 0 Å². The smallest absolute Gasteiger partial charge is 0.269 e.